The van der Waals surface area contributed by atoms with Gasteiger partial charge >= 0.3 is 0 Å². The standard InChI is InChI=1S/C17H24N4O2/c1-3-21(4-2)12-11-18-16(22)10-9-15-19-14-8-6-5-7-13(14)17(23)20-15/h5-8H,3-4,9-12H2,1-2H3,(H,18,22)(H,19,20,23). The van der Waals surface area contributed by atoms with Crippen LogP contribution in [-0.4, -0.2) is 47.0 Å². The summed E-state index contributed by atoms with van der Waals surface area (Å²) in [5, 5.41) is 3.47. The molecule has 0 bridgehead atoms. The Kier molecular flexibility index (Phi) is 6.29. The molecule has 2 aromatic rings. The largest absolute Gasteiger partial charge is 0.355 e. The molecule has 0 saturated carbocycles. The zero-order chi connectivity index (χ0) is 16.7. The van der Waals surface area contributed by atoms with Crippen molar-refractivity contribution in [3.05, 3.63) is 40.4 Å². The van der Waals surface area contributed by atoms with Gasteiger partial charge in [-0.25, -0.2) is 4.98 Å². The molecule has 1 amide bonds. The molecular weight excluding hydrogens is 292 g/mol. The number of carbonyl (C=O) groups excluding carboxylic acids is 1. The number of amides is 1. The Morgan fingerprint density at radius 1 is 1.26 bits per heavy atom. The number of hydrogen-bond acceptors (Lipinski definition) is 4. The van der Waals surface area contributed by atoms with E-state index >= 15 is 0 Å². The number of aromatic nitrogens is 2. The van der Waals surface area contributed by atoms with Gasteiger partial charge in [-0.05, 0) is 25.2 Å². The first-order valence-electron chi connectivity index (χ1n) is 8.11. The average molecular weight is 316 g/mol. The molecule has 0 atom stereocenters. The Balaban J connectivity index is 1.86. The second-order valence-corrected chi connectivity index (χ2v) is 5.41. The van der Waals surface area contributed by atoms with E-state index in [1.807, 2.05) is 12.1 Å². The fourth-order valence-electron chi connectivity index (χ4n) is 2.47. The summed E-state index contributed by atoms with van der Waals surface area (Å²) >= 11 is 0. The highest BCUT2D eigenvalue weighted by Crippen LogP contribution is 2.06. The van der Waals surface area contributed by atoms with Crippen LogP contribution in [0.3, 0.4) is 0 Å². The SMILES string of the molecule is CCN(CC)CCNC(=O)CCc1nc2ccccc2c(=O)[nH]1. The minimum atomic E-state index is -0.160. The summed E-state index contributed by atoms with van der Waals surface area (Å²) < 4.78 is 0. The minimum Gasteiger partial charge on any atom is -0.355 e. The van der Waals surface area contributed by atoms with Crippen molar-refractivity contribution in [2.75, 3.05) is 26.2 Å². The van der Waals surface area contributed by atoms with Crippen LogP contribution in [0.5, 0.6) is 0 Å². The zero-order valence-corrected chi connectivity index (χ0v) is 13.8. The predicted octanol–water partition coefficient (Wildman–Crippen LogP) is 1.31. The van der Waals surface area contributed by atoms with E-state index in [2.05, 4.69) is 34.0 Å². The topological polar surface area (TPSA) is 78.1 Å². The van der Waals surface area contributed by atoms with Crippen molar-refractivity contribution in [2.45, 2.75) is 26.7 Å². The second kappa shape index (κ2) is 8.43. The van der Waals surface area contributed by atoms with Gasteiger partial charge < -0.3 is 15.2 Å². The van der Waals surface area contributed by atoms with E-state index in [1.54, 1.807) is 12.1 Å². The van der Waals surface area contributed by atoms with Crippen LogP contribution in [0.1, 0.15) is 26.1 Å². The summed E-state index contributed by atoms with van der Waals surface area (Å²) in [5.74, 6) is 0.528. The number of aryl methyl sites for hydroxylation is 1. The maximum atomic E-state index is 12.0. The fourth-order valence-corrected chi connectivity index (χ4v) is 2.47. The second-order valence-electron chi connectivity index (χ2n) is 5.41. The molecule has 0 fully saturated rings. The summed E-state index contributed by atoms with van der Waals surface area (Å²) in [6.45, 7) is 7.66. The number of aromatic amines is 1. The normalized spacial score (nSPS) is 11.1. The maximum Gasteiger partial charge on any atom is 0.258 e. The lowest BCUT2D eigenvalue weighted by molar-refractivity contribution is -0.121. The van der Waals surface area contributed by atoms with Crippen LogP contribution in [0, 0.1) is 0 Å². The summed E-state index contributed by atoms with van der Waals surface area (Å²) in [6, 6.07) is 7.20. The quantitative estimate of drug-likeness (QED) is 0.770. The molecule has 23 heavy (non-hydrogen) atoms. The molecule has 0 aliphatic rings. The molecule has 2 rings (SSSR count). The summed E-state index contributed by atoms with van der Waals surface area (Å²) in [4.78, 5) is 33.2. The Morgan fingerprint density at radius 3 is 2.74 bits per heavy atom. The molecule has 0 unspecified atom stereocenters. The van der Waals surface area contributed by atoms with E-state index in [9.17, 15) is 9.59 Å². The van der Waals surface area contributed by atoms with Crippen LogP contribution in [0.15, 0.2) is 29.1 Å². The Hall–Kier alpha value is -2.21. The molecule has 0 aliphatic carbocycles. The lowest BCUT2D eigenvalue weighted by Crippen LogP contribution is -2.34. The van der Waals surface area contributed by atoms with E-state index in [0.717, 1.165) is 19.6 Å². The Morgan fingerprint density at radius 2 is 2.00 bits per heavy atom. The van der Waals surface area contributed by atoms with Crippen molar-refractivity contribution in [2.24, 2.45) is 0 Å². The van der Waals surface area contributed by atoms with Crippen LogP contribution in [0.2, 0.25) is 0 Å². The molecule has 1 heterocycles. The van der Waals surface area contributed by atoms with Gasteiger partial charge in [-0.2, -0.15) is 0 Å². The third kappa shape index (κ3) is 4.89. The first kappa shape index (κ1) is 17.1. The molecule has 0 radical (unpaired) electrons. The highest BCUT2D eigenvalue weighted by atomic mass is 16.1. The van der Waals surface area contributed by atoms with Gasteiger partial charge in [0.05, 0.1) is 10.9 Å². The number of H-pyrrole nitrogens is 1. The number of benzene rings is 1. The van der Waals surface area contributed by atoms with E-state index in [1.165, 1.54) is 0 Å². The van der Waals surface area contributed by atoms with Crippen LogP contribution in [0.4, 0.5) is 0 Å². The molecule has 6 nitrogen and oxygen atoms in total. The number of para-hydroxylation sites is 1. The van der Waals surface area contributed by atoms with Crippen molar-refractivity contribution in [1.29, 1.82) is 0 Å². The number of hydrogen-bond donors (Lipinski definition) is 2. The number of fused-ring (bicyclic) bond motifs is 1. The van der Waals surface area contributed by atoms with Crippen molar-refractivity contribution < 1.29 is 4.79 Å². The molecule has 1 aromatic heterocycles. The number of likely N-dealkylation sites (N-methyl/N-ethyl adjacent to an activating group) is 1. The van der Waals surface area contributed by atoms with Gasteiger partial charge in [-0.3, -0.25) is 9.59 Å². The number of nitrogens with one attached hydrogen (secondary N) is 2. The summed E-state index contributed by atoms with van der Waals surface area (Å²) in [6.07, 6.45) is 0.747. The van der Waals surface area contributed by atoms with Gasteiger partial charge in [-0.15, -0.1) is 0 Å². The van der Waals surface area contributed by atoms with Gasteiger partial charge in [0.15, 0.2) is 0 Å². The van der Waals surface area contributed by atoms with Crippen LogP contribution in [0.25, 0.3) is 10.9 Å². The number of carbonyl (C=O) groups is 1. The molecule has 1 aromatic carbocycles. The minimum absolute atomic E-state index is 0.0204. The first-order valence-corrected chi connectivity index (χ1v) is 8.11. The summed E-state index contributed by atoms with van der Waals surface area (Å²) in [5.41, 5.74) is 0.501. The van der Waals surface area contributed by atoms with Gasteiger partial charge in [-0.1, -0.05) is 26.0 Å². The van der Waals surface area contributed by atoms with Crippen LogP contribution in [-0.2, 0) is 11.2 Å². The van der Waals surface area contributed by atoms with Crippen molar-refractivity contribution in [3.8, 4) is 0 Å². The molecule has 0 spiro atoms. The zero-order valence-electron chi connectivity index (χ0n) is 13.8. The lowest BCUT2D eigenvalue weighted by Gasteiger charge is -2.17. The fraction of sp³-hybridized carbons (Fsp3) is 0.471. The number of rotatable bonds is 8. The smallest absolute Gasteiger partial charge is 0.258 e. The summed E-state index contributed by atoms with van der Waals surface area (Å²) in [7, 11) is 0. The molecule has 0 aliphatic heterocycles. The van der Waals surface area contributed by atoms with Crippen molar-refractivity contribution in [1.82, 2.24) is 20.2 Å². The van der Waals surface area contributed by atoms with Crippen LogP contribution >= 0.6 is 0 Å². The lowest BCUT2D eigenvalue weighted by atomic mass is 10.2. The molecule has 6 heteroatoms. The van der Waals surface area contributed by atoms with Crippen LogP contribution < -0.4 is 10.9 Å². The van der Waals surface area contributed by atoms with E-state index in [0.29, 0.717) is 36.1 Å². The first-order chi connectivity index (χ1) is 11.1. The van der Waals surface area contributed by atoms with Gasteiger partial charge in [0.25, 0.3) is 5.56 Å². The van der Waals surface area contributed by atoms with Crippen molar-refractivity contribution in [3.63, 3.8) is 0 Å². The molecule has 2 N–H and O–H groups in total. The third-order valence-corrected chi connectivity index (χ3v) is 3.90. The van der Waals surface area contributed by atoms with E-state index < -0.39 is 0 Å². The van der Waals surface area contributed by atoms with E-state index in [4.69, 9.17) is 0 Å². The monoisotopic (exact) mass is 316 g/mol. The highest BCUT2D eigenvalue weighted by Gasteiger charge is 2.07. The Labute approximate surface area is 135 Å². The maximum absolute atomic E-state index is 12.0. The molecular formula is C17H24N4O2. The van der Waals surface area contributed by atoms with Gasteiger partial charge in [0.1, 0.15) is 5.82 Å². The molecule has 124 valence electrons. The van der Waals surface area contributed by atoms with Gasteiger partial charge in [0.2, 0.25) is 5.91 Å². The third-order valence-electron chi connectivity index (χ3n) is 3.90. The van der Waals surface area contributed by atoms with E-state index in [-0.39, 0.29) is 11.5 Å². The predicted molar refractivity (Wildman–Crippen MR) is 91.5 cm³/mol. The van der Waals surface area contributed by atoms with Gasteiger partial charge in [0, 0.05) is 25.9 Å². The number of nitrogens with zero attached hydrogens (tertiary/aromatic N) is 2. The Bertz CT molecular complexity index is 707. The average Bonchev–Trinajstić information content (AvgIpc) is 2.57. The van der Waals surface area contributed by atoms with Crippen molar-refractivity contribution >= 4 is 16.8 Å². The molecule has 0 saturated heterocycles. The highest BCUT2D eigenvalue weighted by molar-refractivity contribution is 5.78.